The molecule has 6 nitrogen and oxygen atoms in total. The van der Waals surface area contributed by atoms with Crippen molar-refractivity contribution in [2.75, 3.05) is 0 Å². The maximum Gasteiger partial charge on any atom is 0.215 e. The second-order valence-electron chi connectivity index (χ2n) is 11.9. The summed E-state index contributed by atoms with van der Waals surface area (Å²) in [6.07, 6.45) is 0. The molecule has 53 heavy (non-hydrogen) atoms. The van der Waals surface area contributed by atoms with Crippen LogP contribution < -0.4 is 0 Å². The molecule has 0 atom stereocenters. The van der Waals surface area contributed by atoms with E-state index in [0.29, 0.717) is 77.7 Å². The van der Waals surface area contributed by atoms with E-state index in [0.717, 1.165) is 0 Å². The van der Waals surface area contributed by atoms with Gasteiger partial charge in [-0.25, -0.2) is 41.6 Å². The number of nitrogens with zero attached hydrogens (tertiary/aromatic N) is 6. The standard InChI is InChI=1S/C42H17F5N6/c1-49-26-17-15-25(16-18-26)39-40(24-9-7-21(20-48)8-10-24)53-42-32-27-5-3-4-6-29(27)51-38(28(32)19-30(50-2)41(42)52-39)23-13-11-22(12-14-23)31-33(43)35(45)37(47)36(46)34(31)44/h3-19H. The molecule has 250 valence electrons. The number of halogens is 5. The lowest BCUT2D eigenvalue weighted by Gasteiger charge is -2.16. The van der Waals surface area contributed by atoms with Crippen LogP contribution in [0.15, 0.2) is 103 Å². The molecule has 0 fully saturated rings. The Bertz CT molecular complexity index is 2930. The summed E-state index contributed by atoms with van der Waals surface area (Å²) in [6.45, 7) is 15.5. The van der Waals surface area contributed by atoms with Crippen molar-refractivity contribution in [1.29, 1.82) is 5.26 Å². The van der Waals surface area contributed by atoms with E-state index >= 15 is 0 Å². The first-order valence-electron chi connectivity index (χ1n) is 15.8. The Morgan fingerprint density at radius 2 is 1.06 bits per heavy atom. The van der Waals surface area contributed by atoms with Crippen LogP contribution in [0.5, 0.6) is 0 Å². The third-order valence-electron chi connectivity index (χ3n) is 8.92. The van der Waals surface area contributed by atoms with Crippen LogP contribution in [0.2, 0.25) is 0 Å². The molecule has 0 amide bonds. The van der Waals surface area contributed by atoms with Crippen molar-refractivity contribution in [2.45, 2.75) is 0 Å². The monoisotopic (exact) mass is 700 g/mol. The van der Waals surface area contributed by atoms with Gasteiger partial charge in [0.1, 0.15) is 0 Å². The average molecular weight is 701 g/mol. The van der Waals surface area contributed by atoms with Crippen molar-refractivity contribution in [1.82, 2.24) is 15.0 Å². The maximum atomic E-state index is 14.7. The van der Waals surface area contributed by atoms with Crippen molar-refractivity contribution in [3.8, 4) is 51.0 Å². The molecule has 0 spiro atoms. The molecule has 8 aromatic rings. The molecule has 11 heteroatoms. The van der Waals surface area contributed by atoms with Gasteiger partial charge in [0.05, 0.1) is 64.0 Å². The number of nitriles is 1. The van der Waals surface area contributed by atoms with Gasteiger partial charge in [0.2, 0.25) is 11.5 Å². The molecule has 0 aliphatic carbocycles. The van der Waals surface area contributed by atoms with E-state index in [9.17, 15) is 27.2 Å². The normalized spacial score (nSPS) is 11.1. The van der Waals surface area contributed by atoms with E-state index in [2.05, 4.69) is 15.8 Å². The lowest BCUT2D eigenvalue weighted by molar-refractivity contribution is 0.381. The third kappa shape index (κ3) is 5.26. The lowest BCUT2D eigenvalue weighted by atomic mass is 9.95. The van der Waals surface area contributed by atoms with Crippen molar-refractivity contribution >= 4 is 44.1 Å². The zero-order chi connectivity index (χ0) is 37.0. The number of benzene rings is 6. The minimum Gasteiger partial charge on any atom is -0.255 e. The third-order valence-corrected chi connectivity index (χ3v) is 8.92. The Balaban J connectivity index is 1.43. The van der Waals surface area contributed by atoms with E-state index in [-0.39, 0.29) is 11.3 Å². The fraction of sp³-hybridized carbons (Fsp3) is 0. The summed E-state index contributed by atoms with van der Waals surface area (Å²) in [6, 6.07) is 30.1. The zero-order valence-electron chi connectivity index (χ0n) is 26.9. The van der Waals surface area contributed by atoms with Gasteiger partial charge in [0.25, 0.3) is 0 Å². The molecule has 2 aromatic heterocycles. The van der Waals surface area contributed by atoms with Crippen LogP contribution in [-0.4, -0.2) is 15.0 Å². The van der Waals surface area contributed by atoms with Gasteiger partial charge in [-0.3, -0.25) is 4.98 Å². The Morgan fingerprint density at radius 3 is 1.66 bits per heavy atom. The van der Waals surface area contributed by atoms with Crippen LogP contribution in [-0.2, 0) is 0 Å². The molecule has 0 saturated carbocycles. The number of fused-ring (bicyclic) bond motifs is 5. The Morgan fingerprint density at radius 1 is 0.528 bits per heavy atom. The topological polar surface area (TPSA) is 71.2 Å². The Kier molecular flexibility index (Phi) is 7.79. The fourth-order valence-electron chi connectivity index (χ4n) is 6.37. The Hall–Kier alpha value is -7.55. The molecule has 2 heterocycles. The van der Waals surface area contributed by atoms with Crippen LogP contribution in [0.25, 0.3) is 87.3 Å². The summed E-state index contributed by atoms with van der Waals surface area (Å²) in [5.74, 6) is -10.2. The van der Waals surface area contributed by atoms with Gasteiger partial charge in [0, 0.05) is 27.3 Å². The number of pyridine rings is 1. The highest BCUT2D eigenvalue weighted by molar-refractivity contribution is 6.23. The van der Waals surface area contributed by atoms with E-state index in [4.69, 9.17) is 28.1 Å². The lowest BCUT2D eigenvalue weighted by Crippen LogP contribution is -2.04. The van der Waals surface area contributed by atoms with Crippen molar-refractivity contribution in [3.05, 3.63) is 161 Å². The minimum atomic E-state index is -2.24. The van der Waals surface area contributed by atoms with Crippen LogP contribution >= 0.6 is 0 Å². The van der Waals surface area contributed by atoms with Gasteiger partial charge in [-0.05, 0) is 35.4 Å². The quantitative estimate of drug-likeness (QED) is 0.0602. The molecule has 0 bridgehead atoms. The van der Waals surface area contributed by atoms with E-state index in [1.54, 1.807) is 66.7 Å². The summed E-state index contributed by atoms with van der Waals surface area (Å²) in [5.41, 5.74) is 3.97. The van der Waals surface area contributed by atoms with Crippen LogP contribution in [0, 0.1) is 53.6 Å². The Labute approximate surface area is 297 Å². The van der Waals surface area contributed by atoms with E-state index in [1.165, 1.54) is 24.3 Å². The number of hydrogen-bond donors (Lipinski definition) is 0. The van der Waals surface area contributed by atoms with Gasteiger partial charge >= 0.3 is 0 Å². The van der Waals surface area contributed by atoms with Gasteiger partial charge in [-0.15, -0.1) is 0 Å². The molecule has 6 aromatic carbocycles. The average Bonchev–Trinajstić information content (AvgIpc) is 3.21. The van der Waals surface area contributed by atoms with E-state index < -0.39 is 34.6 Å². The minimum absolute atomic E-state index is 0.154. The molecular formula is C42H17F5N6. The van der Waals surface area contributed by atoms with Crippen LogP contribution in [0.1, 0.15) is 5.56 Å². The van der Waals surface area contributed by atoms with Gasteiger partial charge < -0.3 is 0 Å². The molecule has 0 aliphatic rings. The summed E-state index contributed by atoms with van der Waals surface area (Å²) in [5, 5.41) is 11.2. The summed E-state index contributed by atoms with van der Waals surface area (Å²) in [7, 11) is 0. The number of hydrogen-bond acceptors (Lipinski definition) is 4. The molecular weight excluding hydrogens is 683 g/mol. The highest BCUT2D eigenvalue weighted by Gasteiger charge is 2.27. The SMILES string of the molecule is [C-]#[N+]c1ccc(-c2nc3c([N+]#[C-])cc4c(-c5ccc(-c6c(F)c(F)c(F)c(F)c6F)cc5)nc5ccccc5c4c3nc2-c2ccc(C#N)cc2)cc1. The van der Waals surface area contributed by atoms with Gasteiger partial charge in [0.15, 0.2) is 29.0 Å². The van der Waals surface area contributed by atoms with Crippen LogP contribution in [0.3, 0.4) is 0 Å². The number of aromatic nitrogens is 3. The first-order chi connectivity index (χ1) is 25.7. The van der Waals surface area contributed by atoms with Crippen molar-refractivity contribution < 1.29 is 22.0 Å². The highest BCUT2D eigenvalue weighted by atomic mass is 19.2. The second-order valence-corrected chi connectivity index (χ2v) is 11.9. The summed E-state index contributed by atoms with van der Waals surface area (Å²) >= 11 is 0. The second kappa shape index (κ2) is 12.6. The molecule has 0 N–H and O–H groups in total. The van der Waals surface area contributed by atoms with Crippen molar-refractivity contribution in [2.24, 2.45) is 0 Å². The van der Waals surface area contributed by atoms with Crippen molar-refractivity contribution in [3.63, 3.8) is 0 Å². The summed E-state index contributed by atoms with van der Waals surface area (Å²) < 4.78 is 71.2. The smallest absolute Gasteiger partial charge is 0.215 e. The number of para-hydroxylation sites is 1. The molecule has 0 unspecified atom stereocenters. The predicted octanol–water partition coefficient (Wildman–Crippen LogP) is 11.7. The number of rotatable bonds is 4. The van der Waals surface area contributed by atoms with Gasteiger partial charge in [-0.2, -0.15) is 5.26 Å². The van der Waals surface area contributed by atoms with E-state index in [1.807, 2.05) is 12.1 Å². The maximum absolute atomic E-state index is 14.7. The largest absolute Gasteiger partial charge is 0.255 e. The summed E-state index contributed by atoms with van der Waals surface area (Å²) in [4.78, 5) is 22.4. The fourth-order valence-corrected chi connectivity index (χ4v) is 6.37. The first kappa shape index (κ1) is 32.6. The highest BCUT2D eigenvalue weighted by Crippen LogP contribution is 2.43. The molecule has 0 aliphatic heterocycles. The predicted molar refractivity (Wildman–Crippen MR) is 191 cm³/mol. The molecule has 0 radical (unpaired) electrons. The first-order valence-corrected chi connectivity index (χ1v) is 15.8. The zero-order valence-corrected chi connectivity index (χ0v) is 26.9. The molecule has 8 rings (SSSR count). The molecule has 0 saturated heterocycles. The van der Waals surface area contributed by atoms with Gasteiger partial charge in [-0.1, -0.05) is 78.9 Å². The van der Waals surface area contributed by atoms with Crippen LogP contribution in [0.4, 0.5) is 33.3 Å².